The Balaban J connectivity index is 1.62. The highest BCUT2D eigenvalue weighted by molar-refractivity contribution is 5.80. The third-order valence-corrected chi connectivity index (χ3v) is 3.49. The molecule has 1 N–H and O–H groups in total. The van der Waals surface area contributed by atoms with Gasteiger partial charge in [0, 0.05) is 36.4 Å². The molecule has 1 atom stereocenters. The van der Waals surface area contributed by atoms with E-state index in [2.05, 4.69) is 20.6 Å². The van der Waals surface area contributed by atoms with Crippen molar-refractivity contribution < 1.29 is 9.32 Å². The molecule has 0 saturated carbocycles. The van der Waals surface area contributed by atoms with Gasteiger partial charge in [-0.1, -0.05) is 12.1 Å². The maximum Gasteiger partial charge on any atom is 0.245 e. The molecule has 23 heavy (non-hydrogen) atoms. The van der Waals surface area contributed by atoms with Crippen molar-refractivity contribution in [3.63, 3.8) is 0 Å². The monoisotopic (exact) mass is 311 g/mol. The van der Waals surface area contributed by atoms with Crippen LogP contribution in [0.15, 0.2) is 53.6 Å². The van der Waals surface area contributed by atoms with E-state index in [1.807, 2.05) is 19.1 Å². The van der Waals surface area contributed by atoms with Gasteiger partial charge >= 0.3 is 0 Å². The number of nitrogens with zero attached hydrogens (tertiary/aromatic N) is 4. The summed E-state index contributed by atoms with van der Waals surface area (Å²) in [6.07, 6.45) is 7.51. The highest BCUT2D eigenvalue weighted by atomic mass is 16.5. The van der Waals surface area contributed by atoms with E-state index >= 15 is 0 Å². The topological polar surface area (TPSA) is 85.8 Å². The molecular formula is C16H17N5O2. The number of nitrogens with one attached hydrogen (secondary N) is 1. The number of carbonyl (C=O) groups is 1. The molecule has 0 aliphatic carbocycles. The fourth-order valence-corrected chi connectivity index (χ4v) is 2.30. The first-order valence-electron chi connectivity index (χ1n) is 7.40. The largest absolute Gasteiger partial charge is 0.359 e. The first-order chi connectivity index (χ1) is 11.3. The van der Waals surface area contributed by atoms with Crippen molar-refractivity contribution >= 4 is 5.91 Å². The lowest BCUT2D eigenvalue weighted by Gasteiger charge is -2.14. The summed E-state index contributed by atoms with van der Waals surface area (Å²) in [4.78, 5) is 16.3. The van der Waals surface area contributed by atoms with Crippen molar-refractivity contribution in [1.82, 2.24) is 25.2 Å². The zero-order valence-electron chi connectivity index (χ0n) is 12.7. The van der Waals surface area contributed by atoms with Gasteiger partial charge in [-0.05, 0) is 24.6 Å². The second-order valence-electron chi connectivity index (χ2n) is 5.05. The lowest BCUT2D eigenvalue weighted by molar-refractivity contribution is -0.125. The maximum atomic E-state index is 12.3. The quantitative estimate of drug-likeness (QED) is 0.754. The van der Waals surface area contributed by atoms with Crippen LogP contribution in [0, 0.1) is 0 Å². The van der Waals surface area contributed by atoms with Crippen LogP contribution >= 0.6 is 0 Å². The molecule has 0 radical (unpaired) electrons. The summed E-state index contributed by atoms with van der Waals surface area (Å²) in [6.45, 7) is 2.23. The van der Waals surface area contributed by atoms with Crippen LogP contribution in [0.5, 0.6) is 0 Å². The Kier molecular flexibility index (Phi) is 4.46. The molecule has 1 amide bonds. The summed E-state index contributed by atoms with van der Waals surface area (Å²) in [5.74, 6) is 0.489. The van der Waals surface area contributed by atoms with Crippen LogP contribution < -0.4 is 5.32 Å². The predicted molar refractivity (Wildman–Crippen MR) is 83.1 cm³/mol. The molecule has 7 nitrogen and oxygen atoms in total. The van der Waals surface area contributed by atoms with Crippen LogP contribution in [0.25, 0.3) is 11.3 Å². The first kappa shape index (κ1) is 15.0. The summed E-state index contributed by atoms with van der Waals surface area (Å²) >= 11 is 0. The van der Waals surface area contributed by atoms with Crippen molar-refractivity contribution in [2.75, 3.05) is 0 Å². The van der Waals surface area contributed by atoms with Crippen LogP contribution in [0.2, 0.25) is 0 Å². The minimum Gasteiger partial charge on any atom is -0.359 e. The summed E-state index contributed by atoms with van der Waals surface area (Å²) < 4.78 is 6.91. The van der Waals surface area contributed by atoms with Crippen molar-refractivity contribution in [2.45, 2.75) is 25.9 Å². The van der Waals surface area contributed by atoms with Gasteiger partial charge in [0.2, 0.25) is 5.91 Å². The Labute approximate surface area is 133 Å². The highest BCUT2D eigenvalue weighted by Gasteiger charge is 2.18. The van der Waals surface area contributed by atoms with Gasteiger partial charge < -0.3 is 9.84 Å². The van der Waals surface area contributed by atoms with Crippen molar-refractivity contribution in [3.8, 4) is 11.3 Å². The number of rotatable bonds is 6. The fourth-order valence-electron chi connectivity index (χ4n) is 2.30. The molecule has 0 fully saturated rings. The average Bonchev–Trinajstić information content (AvgIpc) is 3.26. The molecule has 0 aliphatic rings. The van der Waals surface area contributed by atoms with Gasteiger partial charge in [0.05, 0.1) is 6.54 Å². The highest BCUT2D eigenvalue weighted by Crippen LogP contribution is 2.17. The first-order valence-corrected chi connectivity index (χ1v) is 7.40. The summed E-state index contributed by atoms with van der Waals surface area (Å²) in [6, 6.07) is 7.00. The standard InChI is InChI=1S/C16H17N5O2/c1-2-15(21-8-4-7-19-21)16(22)18-11-13-9-14(20-23-13)12-5-3-6-17-10-12/h3-10,15H,2,11H2,1H3,(H,18,22)/t15-/m1/s1. The number of hydrogen-bond acceptors (Lipinski definition) is 5. The van der Waals surface area contributed by atoms with E-state index in [9.17, 15) is 4.79 Å². The molecule has 0 bridgehead atoms. The number of hydrogen-bond donors (Lipinski definition) is 1. The molecule has 3 heterocycles. The molecule has 3 aromatic rings. The van der Waals surface area contributed by atoms with Crippen molar-refractivity contribution in [2.24, 2.45) is 0 Å². The van der Waals surface area contributed by atoms with Gasteiger partial charge in [0.15, 0.2) is 5.76 Å². The lowest BCUT2D eigenvalue weighted by atomic mass is 10.2. The van der Waals surface area contributed by atoms with Gasteiger partial charge in [-0.15, -0.1) is 0 Å². The van der Waals surface area contributed by atoms with E-state index in [1.165, 1.54) is 0 Å². The Morgan fingerprint density at radius 2 is 2.30 bits per heavy atom. The summed E-state index contributed by atoms with van der Waals surface area (Å²) in [5.41, 5.74) is 1.57. The third-order valence-electron chi connectivity index (χ3n) is 3.49. The average molecular weight is 311 g/mol. The molecule has 118 valence electrons. The minimum atomic E-state index is -0.328. The molecule has 0 saturated heterocycles. The van der Waals surface area contributed by atoms with Crippen molar-refractivity contribution in [1.29, 1.82) is 0 Å². The minimum absolute atomic E-state index is 0.101. The smallest absolute Gasteiger partial charge is 0.245 e. The molecule has 3 rings (SSSR count). The van der Waals surface area contributed by atoms with E-state index < -0.39 is 0 Å². The Morgan fingerprint density at radius 3 is 3.00 bits per heavy atom. The van der Waals surface area contributed by atoms with Crippen LogP contribution in [0.4, 0.5) is 0 Å². The van der Waals surface area contributed by atoms with E-state index in [0.717, 1.165) is 5.56 Å². The number of aromatic nitrogens is 4. The van der Waals surface area contributed by atoms with E-state index in [1.54, 1.807) is 41.6 Å². The van der Waals surface area contributed by atoms with E-state index in [4.69, 9.17) is 4.52 Å². The van der Waals surface area contributed by atoms with Gasteiger partial charge in [-0.25, -0.2) is 0 Å². The number of pyridine rings is 1. The van der Waals surface area contributed by atoms with E-state index in [0.29, 0.717) is 17.9 Å². The normalized spacial score (nSPS) is 12.0. The molecule has 0 unspecified atom stereocenters. The van der Waals surface area contributed by atoms with Gasteiger partial charge in [0.1, 0.15) is 11.7 Å². The maximum absolute atomic E-state index is 12.3. The van der Waals surface area contributed by atoms with Crippen LogP contribution in [-0.2, 0) is 11.3 Å². The zero-order valence-corrected chi connectivity index (χ0v) is 12.7. The Hall–Kier alpha value is -2.96. The van der Waals surface area contributed by atoms with Crippen LogP contribution in [0.1, 0.15) is 25.1 Å². The second-order valence-corrected chi connectivity index (χ2v) is 5.05. The summed E-state index contributed by atoms with van der Waals surface area (Å²) in [7, 11) is 0. The van der Waals surface area contributed by atoms with Crippen molar-refractivity contribution in [3.05, 3.63) is 54.8 Å². The predicted octanol–water partition coefficient (Wildman–Crippen LogP) is 2.20. The van der Waals surface area contributed by atoms with Gasteiger partial charge in [0.25, 0.3) is 0 Å². The van der Waals surface area contributed by atoms with Crippen LogP contribution in [-0.4, -0.2) is 25.8 Å². The third kappa shape index (κ3) is 3.45. The fraction of sp³-hybridized carbons (Fsp3) is 0.250. The lowest BCUT2D eigenvalue weighted by Crippen LogP contribution is -2.32. The number of amides is 1. The molecule has 0 aromatic carbocycles. The van der Waals surface area contributed by atoms with Gasteiger partial charge in [-0.3, -0.25) is 14.5 Å². The van der Waals surface area contributed by atoms with E-state index in [-0.39, 0.29) is 18.5 Å². The zero-order chi connectivity index (χ0) is 16.1. The van der Waals surface area contributed by atoms with Gasteiger partial charge in [-0.2, -0.15) is 5.10 Å². The SMILES string of the molecule is CC[C@H](C(=O)NCc1cc(-c2cccnc2)no1)n1cccn1. The molecule has 0 aliphatic heterocycles. The molecular weight excluding hydrogens is 294 g/mol. The molecule has 3 aromatic heterocycles. The van der Waals surface area contributed by atoms with Crippen LogP contribution in [0.3, 0.4) is 0 Å². The molecule has 0 spiro atoms. The summed E-state index contributed by atoms with van der Waals surface area (Å²) in [5, 5.41) is 11.0. The second kappa shape index (κ2) is 6.87. The Bertz CT molecular complexity index is 752. The molecule has 7 heteroatoms. The Morgan fingerprint density at radius 1 is 1.39 bits per heavy atom. The number of carbonyl (C=O) groups excluding carboxylic acids is 1.